The first-order chi connectivity index (χ1) is 20.5. The maximum Gasteiger partial charge on any atom is 0.307 e. The summed E-state index contributed by atoms with van der Waals surface area (Å²) in [5, 5.41) is 0. The van der Waals surface area contributed by atoms with E-state index in [0.29, 0.717) is 44.3 Å². The molecule has 0 N–H and O–H groups in total. The smallest absolute Gasteiger partial charge is 0.307 e. The standard InChI is InChI=1S/C38H44O5/c1-22(13-16-34(42)43-38(4)28-11-7-5-9-25(28)26-10-6-8-12-29(26)38)27-14-15-30-35-31(21-33(41)37(27,30)3)36(2)18-17-24(39)19-23(36)20-32(35)40/h5-12,22-23,27,30-31,35H,13-21H2,1-4H3. The maximum atomic E-state index is 14.1. The number of fused-ring (bicyclic) bond motifs is 8. The molecule has 4 saturated carbocycles. The number of benzene rings is 2. The summed E-state index contributed by atoms with van der Waals surface area (Å²) in [6, 6.07) is 16.3. The van der Waals surface area contributed by atoms with Crippen molar-refractivity contribution in [3.8, 4) is 11.1 Å². The van der Waals surface area contributed by atoms with Crippen LogP contribution < -0.4 is 0 Å². The topological polar surface area (TPSA) is 77.5 Å². The minimum Gasteiger partial charge on any atom is -0.449 e. The third-order valence-corrected chi connectivity index (χ3v) is 13.2. The number of rotatable bonds is 5. The van der Waals surface area contributed by atoms with Crippen molar-refractivity contribution >= 4 is 23.3 Å². The highest BCUT2D eigenvalue weighted by atomic mass is 16.6. The molecule has 5 aliphatic carbocycles. The SMILES string of the molecule is CC(CCC(=O)OC1(C)c2ccccc2-c2ccccc21)C1CCC2C3C(=O)CC4CC(=O)CCC4(C)C3CC(=O)C12C. The zero-order valence-corrected chi connectivity index (χ0v) is 26.0. The molecule has 0 bridgehead atoms. The third-order valence-electron chi connectivity index (χ3n) is 13.2. The average Bonchev–Trinajstić information content (AvgIpc) is 3.47. The van der Waals surface area contributed by atoms with Crippen molar-refractivity contribution in [2.24, 2.45) is 46.3 Å². The molecule has 0 spiro atoms. The van der Waals surface area contributed by atoms with Crippen LogP contribution in [0.3, 0.4) is 0 Å². The number of carbonyl (C=O) groups excluding carboxylic acids is 4. The van der Waals surface area contributed by atoms with Gasteiger partial charge in [0, 0.05) is 54.6 Å². The molecule has 0 aliphatic heterocycles. The van der Waals surface area contributed by atoms with Crippen LogP contribution in [0.25, 0.3) is 11.1 Å². The minimum atomic E-state index is -0.828. The van der Waals surface area contributed by atoms with Gasteiger partial charge < -0.3 is 4.74 Å². The molecular weight excluding hydrogens is 536 g/mol. The van der Waals surface area contributed by atoms with Crippen LogP contribution >= 0.6 is 0 Å². The second kappa shape index (κ2) is 9.97. The van der Waals surface area contributed by atoms with Crippen LogP contribution in [0, 0.1) is 46.3 Å². The Morgan fingerprint density at radius 1 is 0.884 bits per heavy atom. The van der Waals surface area contributed by atoms with E-state index in [2.05, 4.69) is 32.9 Å². The Morgan fingerprint density at radius 2 is 1.53 bits per heavy atom. The lowest BCUT2D eigenvalue weighted by atomic mass is 9.44. The van der Waals surface area contributed by atoms with Crippen LogP contribution in [0.4, 0.5) is 0 Å². The van der Waals surface area contributed by atoms with Crippen molar-refractivity contribution in [1.82, 2.24) is 0 Å². The van der Waals surface area contributed by atoms with Crippen molar-refractivity contribution in [2.45, 2.75) is 91.1 Å². The van der Waals surface area contributed by atoms with E-state index >= 15 is 0 Å². The first-order valence-corrected chi connectivity index (χ1v) is 16.5. The Balaban J connectivity index is 1.06. The number of hydrogen-bond donors (Lipinski definition) is 0. The minimum absolute atomic E-state index is 0.0550. The highest BCUT2D eigenvalue weighted by Gasteiger charge is 2.66. The number of ketones is 3. The van der Waals surface area contributed by atoms with Crippen LogP contribution in [0.2, 0.25) is 0 Å². The molecule has 4 fully saturated rings. The summed E-state index contributed by atoms with van der Waals surface area (Å²) >= 11 is 0. The van der Waals surface area contributed by atoms with Crippen LogP contribution in [0.15, 0.2) is 48.5 Å². The Labute approximate surface area is 255 Å². The number of esters is 1. The van der Waals surface area contributed by atoms with Gasteiger partial charge in [0.25, 0.3) is 0 Å². The van der Waals surface area contributed by atoms with Gasteiger partial charge >= 0.3 is 5.97 Å². The van der Waals surface area contributed by atoms with Crippen molar-refractivity contribution in [1.29, 1.82) is 0 Å². The Morgan fingerprint density at radius 3 is 2.21 bits per heavy atom. The molecule has 5 nitrogen and oxygen atoms in total. The van der Waals surface area contributed by atoms with Gasteiger partial charge in [-0.05, 0) is 78.7 Å². The molecular formula is C38H44O5. The van der Waals surface area contributed by atoms with E-state index in [-0.39, 0.29) is 58.5 Å². The van der Waals surface area contributed by atoms with Crippen molar-refractivity contribution in [2.75, 3.05) is 0 Å². The van der Waals surface area contributed by atoms with E-state index < -0.39 is 11.0 Å². The lowest BCUT2D eigenvalue weighted by Crippen LogP contribution is -2.60. The summed E-state index contributed by atoms with van der Waals surface area (Å²) < 4.78 is 6.30. The highest BCUT2D eigenvalue weighted by Crippen LogP contribution is 2.66. The fourth-order valence-corrected chi connectivity index (χ4v) is 10.7. The first kappa shape index (κ1) is 28.7. The van der Waals surface area contributed by atoms with Gasteiger partial charge in [-0.3, -0.25) is 19.2 Å². The monoisotopic (exact) mass is 580 g/mol. The molecule has 0 amide bonds. The van der Waals surface area contributed by atoms with Gasteiger partial charge in [0.15, 0.2) is 5.60 Å². The van der Waals surface area contributed by atoms with E-state index in [9.17, 15) is 19.2 Å². The van der Waals surface area contributed by atoms with Crippen LogP contribution in [0.1, 0.15) is 96.6 Å². The second-order valence-corrected chi connectivity index (χ2v) is 15.1. The molecule has 5 heteroatoms. The van der Waals surface area contributed by atoms with Gasteiger partial charge in [0.05, 0.1) is 0 Å². The van der Waals surface area contributed by atoms with Gasteiger partial charge in [-0.25, -0.2) is 0 Å². The summed E-state index contributed by atoms with van der Waals surface area (Å²) in [6.07, 6.45) is 5.57. The zero-order chi connectivity index (χ0) is 30.3. The van der Waals surface area contributed by atoms with Gasteiger partial charge in [-0.15, -0.1) is 0 Å². The molecule has 0 radical (unpaired) electrons. The van der Waals surface area contributed by atoms with Gasteiger partial charge in [0.2, 0.25) is 0 Å². The predicted octanol–water partition coefficient (Wildman–Crippen LogP) is 7.48. The second-order valence-electron chi connectivity index (χ2n) is 15.1. The molecule has 5 aliphatic rings. The highest BCUT2D eigenvalue weighted by molar-refractivity contribution is 5.93. The van der Waals surface area contributed by atoms with E-state index in [1.54, 1.807) is 0 Å². The molecule has 2 aromatic carbocycles. The molecule has 0 aromatic heterocycles. The number of carbonyl (C=O) groups is 4. The fraction of sp³-hybridized carbons (Fsp3) is 0.579. The summed E-state index contributed by atoms with van der Waals surface area (Å²) in [6.45, 7) is 8.56. The maximum absolute atomic E-state index is 14.1. The average molecular weight is 581 g/mol. The van der Waals surface area contributed by atoms with Gasteiger partial charge in [0.1, 0.15) is 17.3 Å². The molecule has 43 heavy (non-hydrogen) atoms. The molecule has 226 valence electrons. The Bertz CT molecular complexity index is 1480. The lowest BCUT2D eigenvalue weighted by molar-refractivity contribution is -0.166. The number of ether oxygens (including phenoxy) is 1. The molecule has 0 saturated heterocycles. The number of Topliss-reactive ketones (excluding diaryl/α,β-unsaturated/α-hetero) is 3. The van der Waals surface area contributed by atoms with Crippen molar-refractivity contribution in [3.63, 3.8) is 0 Å². The van der Waals surface area contributed by atoms with Gasteiger partial charge in [-0.2, -0.15) is 0 Å². The summed E-state index contributed by atoms with van der Waals surface area (Å²) in [5.41, 5.74) is 2.78. The first-order valence-electron chi connectivity index (χ1n) is 16.5. The summed E-state index contributed by atoms with van der Waals surface area (Å²) in [7, 11) is 0. The largest absolute Gasteiger partial charge is 0.449 e. The predicted molar refractivity (Wildman–Crippen MR) is 164 cm³/mol. The molecule has 0 heterocycles. The third kappa shape index (κ3) is 4.09. The van der Waals surface area contributed by atoms with E-state index in [0.717, 1.165) is 41.5 Å². The van der Waals surface area contributed by atoms with Crippen LogP contribution in [-0.4, -0.2) is 23.3 Å². The van der Waals surface area contributed by atoms with Crippen LogP contribution in [-0.2, 0) is 29.5 Å². The fourth-order valence-electron chi connectivity index (χ4n) is 10.7. The zero-order valence-electron chi connectivity index (χ0n) is 26.0. The summed E-state index contributed by atoms with van der Waals surface area (Å²) in [5.74, 6) is 1.06. The van der Waals surface area contributed by atoms with Gasteiger partial charge in [-0.1, -0.05) is 69.3 Å². The van der Waals surface area contributed by atoms with E-state index in [1.807, 2.05) is 43.3 Å². The Hall–Kier alpha value is -3.08. The van der Waals surface area contributed by atoms with E-state index in [4.69, 9.17) is 4.74 Å². The van der Waals surface area contributed by atoms with Crippen LogP contribution in [0.5, 0.6) is 0 Å². The molecule has 2 aromatic rings. The van der Waals surface area contributed by atoms with Crippen molar-refractivity contribution in [3.05, 3.63) is 59.7 Å². The normalized spacial score (nSPS) is 36.2. The Kier molecular flexibility index (Phi) is 6.65. The quantitative estimate of drug-likeness (QED) is 0.343. The molecule has 8 unspecified atom stereocenters. The lowest BCUT2D eigenvalue weighted by Gasteiger charge is -2.58. The molecule has 7 rings (SSSR count). The van der Waals surface area contributed by atoms with Crippen molar-refractivity contribution < 1.29 is 23.9 Å². The number of hydrogen-bond acceptors (Lipinski definition) is 5. The summed E-state index contributed by atoms with van der Waals surface area (Å²) in [4.78, 5) is 53.5. The van der Waals surface area contributed by atoms with E-state index in [1.165, 1.54) is 0 Å². The molecule has 8 atom stereocenters.